The highest BCUT2D eigenvalue weighted by molar-refractivity contribution is 6.14. The van der Waals surface area contributed by atoms with Crippen molar-refractivity contribution in [2.75, 3.05) is 0 Å². The van der Waals surface area contributed by atoms with E-state index in [9.17, 15) is 0 Å². The predicted molar refractivity (Wildman–Crippen MR) is 209 cm³/mol. The van der Waals surface area contributed by atoms with Crippen LogP contribution < -0.4 is 0 Å². The molecule has 0 N–H and O–H groups in total. The van der Waals surface area contributed by atoms with Crippen LogP contribution in [0.25, 0.3) is 99.9 Å². The number of hydrogen-bond acceptors (Lipinski definition) is 4. The number of aromatic nitrogens is 3. The maximum absolute atomic E-state index is 6.18. The van der Waals surface area contributed by atoms with Crippen LogP contribution in [0.15, 0.2) is 180 Å². The summed E-state index contributed by atoms with van der Waals surface area (Å²) in [7, 11) is 0. The topological polar surface area (TPSA) is 51.8 Å². The van der Waals surface area contributed by atoms with E-state index in [0.29, 0.717) is 17.5 Å². The van der Waals surface area contributed by atoms with Crippen LogP contribution in [-0.2, 0) is 0 Å². The molecule has 0 fully saturated rings. The van der Waals surface area contributed by atoms with Crippen LogP contribution in [0.4, 0.5) is 0 Å². The second kappa shape index (κ2) is 11.9. The molecule has 10 aromatic rings. The highest BCUT2D eigenvalue weighted by Crippen LogP contribution is 2.38. The Hall–Kier alpha value is -6.91. The smallest absolute Gasteiger partial charge is 0.164 e. The minimum Gasteiger partial charge on any atom is -0.456 e. The van der Waals surface area contributed by atoms with Crippen LogP contribution in [0.2, 0.25) is 0 Å². The van der Waals surface area contributed by atoms with Crippen molar-refractivity contribution >= 4 is 43.5 Å². The van der Waals surface area contributed by atoms with Gasteiger partial charge in [-0.2, -0.15) is 0 Å². The molecule has 2 heterocycles. The van der Waals surface area contributed by atoms with Crippen molar-refractivity contribution in [2.24, 2.45) is 0 Å². The van der Waals surface area contributed by atoms with Gasteiger partial charge in [-0.15, -0.1) is 0 Å². The van der Waals surface area contributed by atoms with E-state index in [1.807, 2.05) is 42.5 Å². The van der Waals surface area contributed by atoms with Crippen molar-refractivity contribution in [1.82, 2.24) is 15.0 Å². The van der Waals surface area contributed by atoms with E-state index in [2.05, 4.69) is 133 Å². The molecule has 0 aliphatic rings. The molecule has 238 valence electrons. The molecular formula is C47H29N3O. The number of rotatable bonds is 5. The van der Waals surface area contributed by atoms with Crippen molar-refractivity contribution in [3.8, 4) is 56.4 Å². The standard InChI is InChI=1S/C47H29N3O/c1-3-12-30(13-4-1)35-26-36(31-14-5-2-6-15-31)28-37(27-35)46-48-45(34-24-25-43-41(29-34)39-19-9-10-21-42(39)51-43)49-47(50-46)40-20-11-17-33-23-22-32-16-7-8-18-38(32)44(33)40/h1-29H. The zero-order valence-electron chi connectivity index (χ0n) is 27.5. The van der Waals surface area contributed by atoms with Gasteiger partial charge in [0.1, 0.15) is 11.2 Å². The van der Waals surface area contributed by atoms with Crippen molar-refractivity contribution in [3.63, 3.8) is 0 Å². The van der Waals surface area contributed by atoms with Crippen LogP contribution in [0.1, 0.15) is 0 Å². The van der Waals surface area contributed by atoms with Crippen molar-refractivity contribution in [1.29, 1.82) is 0 Å². The van der Waals surface area contributed by atoms with Gasteiger partial charge in [0.15, 0.2) is 17.5 Å². The minimum absolute atomic E-state index is 0.603. The zero-order valence-corrected chi connectivity index (χ0v) is 27.5. The van der Waals surface area contributed by atoms with Gasteiger partial charge in [-0.1, -0.05) is 133 Å². The molecule has 4 heteroatoms. The van der Waals surface area contributed by atoms with E-state index in [1.54, 1.807) is 0 Å². The van der Waals surface area contributed by atoms with Crippen molar-refractivity contribution in [2.45, 2.75) is 0 Å². The lowest BCUT2D eigenvalue weighted by Crippen LogP contribution is -2.01. The third-order valence-electron chi connectivity index (χ3n) is 9.69. The highest BCUT2D eigenvalue weighted by atomic mass is 16.3. The first kappa shape index (κ1) is 29.0. The number of nitrogens with zero attached hydrogens (tertiary/aromatic N) is 3. The summed E-state index contributed by atoms with van der Waals surface area (Å²) in [6, 6.07) is 61.1. The normalized spacial score (nSPS) is 11.5. The van der Waals surface area contributed by atoms with E-state index in [0.717, 1.165) is 77.0 Å². The van der Waals surface area contributed by atoms with Gasteiger partial charge in [-0.25, -0.2) is 15.0 Å². The predicted octanol–water partition coefficient (Wildman–Crippen LogP) is 12.4. The summed E-state index contributed by atoms with van der Waals surface area (Å²) in [5.41, 5.74) is 8.91. The molecule has 8 aromatic carbocycles. The van der Waals surface area contributed by atoms with E-state index < -0.39 is 0 Å². The lowest BCUT2D eigenvalue weighted by Gasteiger charge is -2.14. The molecule has 0 bridgehead atoms. The van der Waals surface area contributed by atoms with Gasteiger partial charge in [0.05, 0.1) is 0 Å². The third kappa shape index (κ3) is 5.13. The van der Waals surface area contributed by atoms with Crippen LogP contribution >= 0.6 is 0 Å². The Bertz CT molecular complexity index is 2860. The SMILES string of the molecule is c1ccc(-c2cc(-c3ccccc3)cc(-c3nc(-c4ccc5oc6ccccc6c5c4)nc(-c4cccc5ccc6ccccc6c45)n3)c2)cc1. The Balaban J connectivity index is 1.25. The Morgan fingerprint density at radius 3 is 1.65 bits per heavy atom. The highest BCUT2D eigenvalue weighted by Gasteiger charge is 2.18. The summed E-state index contributed by atoms with van der Waals surface area (Å²) in [5, 5.41) is 6.69. The first-order valence-corrected chi connectivity index (χ1v) is 17.1. The summed E-state index contributed by atoms with van der Waals surface area (Å²) >= 11 is 0. The summed E-state index contributed by atoms with van der Waals surface area (Å²) < 4.78 is 6.18. The summed E-state index contributed by atoms with van der Waals surface area (Å²) in [5.74, 6) is 1.84. The fraction of sp³-hybridized carbons (Fsp3) is 0. The monoisotopic (exact) mass is 651 g/mol. The number of hydrogen-bond donors (Lipinski definition) is 0. The average Bonchev–Trinajstić information content (AvgIpc) is 3.59. The van der Waals surface area contributed by atoms with Gasteiger partial charge >= 0.3 is 0 Å². The molecule has 0 saturated heterocycles. The molecule has 0 radical (unpaired) electrons. The maximum Gasteiger partial charge on any atom is 0.164 e. The molecule has 10 rings (SSSR count). The molecule has 51 heavy (non-hydrogen) atoms. The lowest BCUT2D eigenvalue weighted by molar-refractivity contribution is 0.669. The maximum atomic E-state index is 6.18. The molecule has 0 unspecified atom stereocenters. The molecule has 2 aromatic heterocycles. The Labute approximate surface area is 294 Å². The second-order valence-electron chi connectivity index (χ2n) is 12.8. The van der Waals surface area contributed by atoms with E-state index in [4.69, 9.17) is 19.4 Å². The largest absolute Gasteiger partial charge is 0.456 e. The molecule has 0 aliphatic carbocycles. The lowest BCUT2D eigenvalue weighted by atomic mass is 9.95. The summed E-state index contributed by atoms with van der Waals surface area (Å²) in [4.78, 5) is 15.8. The van der Waals surface area contributed by atoms with Crippen molar-refractivity contribution < 1.29 is 4.42 Å². The molecule has 4 nitrogen and oxygen atoms in total. The van der Waals surface area contributed by atoms with Gasteiger partial charge in [0.25, 0.3) is 0 Å². The third-order valence-corrected chi connectivity index (χ3v) is 9.69. The average molecular weight is 652 g/mol. The number of furan rings is 1. The molecule has 0 spiro atoms. The van der Waals surface area contributed by atoms with Crippen LogP contribution in [0.3, 0.4) is 0 Å². The van der Waals surface area contributed by atoms with Gasteiger partial charge in [0.2, 0.25) is 0 Å². The molecule has 0 amide bonds. The molecule has 0 saturated carbocycles. The van der Waals surface area contributed by atoms with Gasteiger partial charge < -0.3 is 4.42 Å². The zero-order chi connectivity index (χ0) is 33.7. The van der Waals surface area contributed by atoms with E-state index in [-0.39, 0.29) is 0 Å². The first-order valence-electron chi connectivity index (χ1n) is 17.1. The summed E-state index contributed by atoms with van der Waals surface area (Å²) in [6.07, 6.45) is 0. The summed E-state index contributed by atoms with van der Waals surface area (Å²) in [6.45, 7) is 0. The number of benzene rings is 8. The number of fused-ring (bicyclic) bond motifs is 6. The van der Waals surface area contributed by atoms with Crippen LogP contribution in [0.5, 0.6) is 0 Å². The quantitative estimate of drug-likeness (QED) is 0.174. The minimum atomic E-state index is 0.603. The van der Waals surface area contributed by atoms with E-state index >= 15 is 0 Å². The van der Waals surface area contributed by atoms with Gasteiger partial charge in [-0.05, 0) is 80.9 Å². The van der Waals surface area contributed by atoms with Gasteiger partial charge in [-0.3, -0.25) is 0 Å². The van der Waals surface area contributed by atoms with E-state index in [1.165, 1.54) is 5.39 Å². The van der Waals surface area contributed by atoms with Crippen LogP contribution in [-0.4, -0.2) is 15.0 Å². The Morgan fingerprint density at radius 2 is 0.882 bits per heavy atom. The van der Waals surface area contributed by atoms with Crippen LogP contribution in [0, 0.1) is 0 Å². The van der Waals surface area contributed by atoms with Gasteiger partial charge in [0, 0.05) is 32.8 Å². The first-order chi connectivity index (χ1) is 25.2. The number of para-hydroxylation sites is 1. The van der Waals surface area contributed by atoms with Crippen molar-refractivity contribution in [3.05, 3.63) is 176 Å². The molecular weight excluding hydrogens is 623 g/mol. The Kier molecular flexibility index (Phi) is 6.78. The molecule has 0 aliphatic heterocycles. The second-order valence-corrected chi connectivity index (χ2v) is 12.8. The molecule has 0 atom stereocenters. The fourth-order valence-electron chi connectivity index (χ4n) is 7.22. The fourth-order valence-corrected chi connectivity index (χ4v) is 7.22. The Morgan fingerprint density at radius 1 is 0.314 bits per heavy atom.